The second kappa shape index (κ2) is 7.73. The predicted octanol–water partition coefficient (Wildman–Crippen LogP) is 2.12. The summed E-state index contributed by atoms with van der Waals surface area (Å²) in [5.41, 5.74) is 4.44. The first kappa shape index (κ1) is 18.7. The van der Waals surface area contributed by atoms with Gasteiger partial charge in [-0.05, 0) is 31.7 Å². The van der Waals surface area contributed by atoms with Gasteiger partial charge in [0.25, 0.3) is 5.91 Å². The van der Waals surface area contributed by atoms with Crippen molar-refractivity contribution in [2.75, 3.05) is 13.1 Å². The molecule has 1 saturated heterocycles. The van der Waals surface area contributed by atoms with Crippen molar-refractivity contribution in [2.24, 2.45) is 0 Å². The van der Waals surface area contributed by atoms with Gasteiger partial charge in [-0.3, -0.25) is 14.7 Å². The highest BCUT2D eigenvalue weighted by Crippen LogP contribution is 2.23. The molecule has 6 nitrogen and oxygen atoms in total. The lowest BCUT2D eigenvalue weighted by Gasteiger charge is -2.35. The number of fused-ring (bicyclic) bond motifs is 1. The van der Waals surface area contributed by atoms with Crippen molar-refractivity contribution in [1.82, 2.24) is 20.4 Å². The maximum Gasteiger partial charge on any atom is 0.272 e. The summed E-state index contributed by atoms with van der Waals surface area (Å²) in [5.74, 6) is -0.407. The van der Waals surface area contributed by atoms with Crippen LogP contribution < -0.4 is 5.32 Å². The lowest BCUT2D eigenvalue weighted by Crippen LogP contribution is -2.53. The van der Waals surface area contributed by atoms with Crippen molar-refractivity contribution >= 4 is 11.8 Å². The third kappa shape index (κ3) is 3.93. The molecule has 28 heavy (non-hydrogen) atoms. The maximum atomic E-state index is 14.3. The fraction of sp³-hybridized carbons (Fsp3) is 0.476. The molecule has 148 valence electrons. The molecule has 7 heteroatoms. The van der Waals surface area contributed by atoms with Crippen molar-refractivity contribution in [1.29, 1.82) is 0 Å². The van der Waals surface area contributed by atoms with E-state index in [1.165, 1.54) is 4.90 Å². The Labute approximate surface area is 163 Å². The van der Waals surface area contributed by atoms with Crippen LogP contribution >= 0.6 is 0 Å². The smallest absolute Gasteiger partial charge is 0.272 e. The van der Waals surface area contributed by atoms with Crippen LogP contribution in [0.3, 0.4) is 0 Å². The second-order valence-corrected chi connectivity index (χ2v) is 7.85. The van der Waals surface area contributed by atoms with Gasteiger partial charge in [0.1, 0.15) is 6.17 Å². The van der Waals surface area contributed by atoms with Crippen LogP contribution in [0.2, 0.25) is 0 Å². The number of halogens is 1. The summed E-state index contributed by atoms with van der Waals surface area (Å²) in [4.78, 5) is 26.8. The first-order chi connectivity index (χ1) is 13.5. The number of H-pyrrole nitrogens is 1. The Morgan fingerprint density at radius 2 is 2.04 bits per heavy atom. The molecule has 0 radical (unpaired) electrons. The standard InChI is InChI=1S/C21H25FN4O2/c1-13-5-7-14(8-6-13)9-19(27)26-11-15(22)10-16(12-26)23-21(28)20-17-3-2-4-18(17)24-25-20/h5-8,15-16H,2-4,9-12H2,1H3,(H,23,28)(H,24,25)/t15-,16+/m1/s1. The zero-order chi connectivity index (χ0) is 19.7. The minimum Gasteiger partial charge on any atom is -0.346 e. The Morgan fingerprint density at radius 3 is 2.82 bits per heavy atom. The highest BCUT2D eigenvalue weighted by Gasteiger charge is 2.32. The molecule has 2 atom stereocenters. The molecule has 1 aromatic heterocycles. The molecule has 1 aliphatic heterocycles. The monoisotopic (exact) mass is 384 g/mol. The molecule has 4 rings (SSSR count). The average molecular weight is 384 g/mol. The summed E-state index contributed by atoms with van der Waals surface area (Å²) in [5, 5.41) is 9.93. The van der Waals surface area contributed by atoms with E-state index in [1.54, 1.807) is 0 Å². The van der Waals surface area contributed by atoms with Gasteiger partial charge in [0.2, 0.25) is 5.91 Å². The minimum atomic E-state index is -1.15. The fourth-order valence-electron chi connectivity index (χ4n) is 4.10. The van der Waals surface area contributed by atoms with Crippen molar-refractivity contribution in [2.45, 2.75) is 51.2 Å². The lowest BCUT2D eigenvalue weighted by molar-refractivity contribution is -0.133. The maximum absolute atomic E-state index is 14.3. The number of nitrogens with one attached hydrogen (secondary N) is 2. The minimum absolute atomic E-state index is 0.0782. The van der Waals surface area contributed by atoms with Crippen LogP contribution in [0.15, 0.2) is 24.3 Å². The molecule has 2 aromatic rings. The summed E-state index contributed by atoms with van der Waals surface area (Å²) >= 11 is 0. The van der Waals surface area contributed by atoms with Crippen molar-refractivity contribution in [3.63, 3.8) is 0 Å². The number of benzene rings is 1. The lowest BCUT2D eigenvalue weighted by atomic mass is 10.0. The summed E-state index contributed by atoms with van der Waals surface area (Å²) in [6.07, 6.45) is 2.07. The normalized spacial score (nSPS) is 21.4. The Morgan fingerprint density at radius 1 is 1.25 bits per heavy atom. The van der Waals surface area contributed by atoms with Crippen molar-refractivity contribution in [3.8, 4) is 0 Å². The Kier molecular flexibility index (Phi) is 5.15. The summed E-state index contributed by atoms with van der Waals surface area (Å²) in [6, 6.07) is 7.35. The molecule has 2 heterocycles. The van der Waals surface area contributed by atoms with Crippen LogP contribution in [0.4, 0.5) is 4.39 Å². The van der Waals surface area contributed by atoms with Gasteiger partial charge >= 0.3 is 0 Å². The molecule has 1 fully saturated rings. The van der Waals surface area contributed by atoms with E-state index in [9.17, 15) is 14.0 Å². The van der Waals surface area contributed by atoms with Crippen molar-refractivity contribution < 1.29 is 14.0 Å². The molecule has 0 saturated carbocycles. The largest absolute Gasteiger partial charge is 0.346 e. The van der Waals surface area contributed by atoms with E-state index < -0.39 is 12.2 Å². The highest BCUT2D eigenvalue weighted by molar-refractivity contribution is 5.94. The number of carbonyl (C=O) groups excluding carboxylic acids is 2. The number of aryl methyl sites for hydroxylation is 2. The van der Waals surface area contributed by atoms with Gasteiger partial charge < -0.3 is 10.2 Å². The summed E-state index contributed by atoms with van der Waals surface area (Å²) in [7, 11) is 0. The third-order valence-corrected chi connectivity index (χ3v) is 5.58. The van der Waals surface area contributed by atoms with E-state index >= 15 is 0 Å². The SMILES string of the molecule is Cc1ccc(CC(=O)N2C[C@H](F)C[C@H](NC(=O)c3n[nH]c4c3CCC4)C2)cc1. The van der Waals surface area contributed by atoms with E-state index in [0.29, 0.717) is 12.2 Å². The molecule has 0 bridgehead atoms. The zero-order valence-corrected chi connectivity index (χ0v) is 16.0. The van der Waals surface area contributed by atoms with Gasteiger partial charge in [-0.15, -0.1) is 0 Å². The number of hydrogen-bond acceptors (Lipinski definition) is 3. The first-order valence-corrected chi connectivity index (χ1v) is 9.84. The number of aromatic amines is 1. The van der Waals surface area contributed by atoms with E-state index in [2.05, 4.69) is 15.5 Å². The number of hydrogen-bond donors (Lipinski definition) is 2. The molecule has 2 N–H and O–H groups in total. The number of aromatic nitrogens is 2. The number of carbonyl (C=O) groups is 2. The van der Waals surface area contributed by atoms with Crippen LogP contribution in [0.5, 0.6) is 0 Å². The van der Waals surface area contributed by atoms with Crippen LogP contribution in [0, 0.1) is 6.92 Å². The molecule has 0 unspecified atom stereocenters. The topological polar surface area (TPSA) is 78.1 Å². The van der Waals surface area contributed by atoms with Crippen molar-refractivity contribution in [3.05, 3.63) is 52.3 Å². The van der Waals surface area contributed by atoms with Gasteiger partial charge in [0.15, 0.2) is 5.69 Å². The molecule has 2 aliphatic rings. The molecule has 2 amide bonds. The number of rotatable bonds is 4. The van der Waals surface area contributed by atoms with E-state index in [4.69, 9.17) is 0 Å². The predicted molar refractivity (Wildman–Crippen MR) is 103 cm³/mol. The van der Waals surface area contributed by atoms with Crippen LogP contribution in [-0.4, -0.2) is 52.2 Å². The number of likely N-dealkylation sites (tertiary alicyclic amines) is 1. The Hall–Kier alpha value is -2.70. The van der Waals surface area contributed by atoms with Crippen LogP contribution in [-0.2, 0) is 24.1 Å². The molecular weight excluding hydrogens is 359 g/mol. The van der Waals surface area contributed by atoms with Gasteiger partial charge in [-0.2, -0.15) is 5.10 Å². The van der Waals surface area contributed by atoms with E-state index in [1.807, 2.05) is 31.2 Å². The van der Waals surface area contributed by atoms with E-state index in [-0.39, 0.29) is 31.2 Å². The fourth-order valence-corrected chi connectivity index (χ4v) is 4.10. The molecule has 1 aromatic carbocycles. The number of nitrogens with zero attached hydrogens (tertiary/aromatic N) is 2. The molecular formula is C21H25FN4O2. The third-order valence-electron chi connectivity index (χ3n) is 5.58. The Balaban J connectivity index is 1.39. The summed E-state index contributed by atoms with van der Waals surface area (Å²) < 4.78 is 14.3. The quantitative estimate of drug-likeness (QED) is 0.848. The van der Waals surface area contributed by atoms with Crippen LogP contribution in [0.1, 0.15) is 45.7 Å². The second-order valence-electron chi connectivity index (χ2n) is 7.85. The number of amides is 2. The van der Waals surface area contributed by atoms with Gasteiger partial charge in [-0.1, -0.05) is 29.8 Å². The van der Waals surface area contributed by atoms with Gasteiger partial charge in [0, 0.05) is 30.3 Å². The average Bonchev–Trinajstić information content (AvgIpc) is 3.26. The van der Waals surface area contributed by atoms with E-state index in [0.717, 1.165) is 41.6 Å². The number of alkyl halides is 1. The van der Waals surface area contributed by atoms with Gasteiger partial charge in [0.05, 0.1) is 13.0 Å². The first-order valence-electron chi connectivity index (χ1n) is 9.84. The summed E-state index contributed by atoms with van der Waals surface area (Å²) in [6.45, 7) is 2.39. The van der Waals surface area contributed by atoms with Gasteiger partial charge in [-0.25, -0.2) is 4.39 Å². The van der Waals surface area contributed by atoms with Crippen LogP contribution in [0.25, 0.3) is 0 Å². The molecule has 0 spiro atoms. The zero-order valence-electron chi connectivity index (χ0n) is 16.0. The molecule has 1 aliphatic carbocycles. The highest BCUT2D eigenvalue weighted by atomic mass is 19.1. The Bertz CT molecular complexity index is 877. The number of piperidine rings is 1.